The molecule has 6 heteroatoms. The van der Waals surface area contributed by atoms with E-state index in [2.05, 4.69) is 10.1 Å². The fraction of sp³-hybridized carbons (Fsp3) is 0.786. The highest BCUT2D eigenvalue weighted by Gasteiger charge is 2.42. The second-order valence-electron chi connectivity index (χ2n) is 7.24. The molecule has 3 unspecified atom stereocenters. The average molecular weight is 283 g/mol. The Labute approximate surface area is 119 Å². The van der Waals surface area contributed by atoms with Crippen LogP contribution in [-0.4, -0.2) is 43.0 Å². The zero-order valence-corrected chi connectivity index (χ0v) is 13.0. The summed E-state index contributed by atoms with van der Waals surface area (Å²) in [6.07, 6.45) is 0.437. The van der Waals surface area contributed by atoms with Crippen molar-refractivity contribution in [1.82, 2.24) is 14.8 Å². The third-order valence-electron chi connectivity index (χ3n) is 3.28. The summed E-state index contributed by atoms with van der Waals surface area (Å²) in [5, 5.41) is 24.9. The molecule has 1 aromatic rings. The lowest BCUT2D eigenvalue weighted by atomic mass is 9.78. The van der Waals surface area contributed by atoms with E-state index in [1.807, 2.05) is 20.8 Å². The molecule has 0 bridgehead atoms. The van der Waals surface area contributed by atoms with E-state index in [9.17, 15) is 15.0 Å². The van der Waals surface area contributed by atoms with Gasteiger partial charge < -0.3 is 10.2 Å². The van der Waals surface area contributed by atoms with Crippen LogP contribution < -0.4 is 0 Å². The maximum atomic E-state index is 12.3. The number of Topliss-reactive ketones (excluding diaryl/α,β-unsaturated/α-hetero) is 1. The van der Waals surface area contributed by atoms with Crippen LogP contribution in [0.4, 0.5) is 0 Å². The maximum absolute atomic E-state index is 12.3. The maximum Gasteiger partial charge on any atom is 0.168 e. The monoisotopic (exact) mass is 283 g/mol. The van der Waals surface area contributed by atoms with Crippen LogP contribution in [0.5, 0.6) is 0 Å². The highest BCUT2D eigenvalue weighted by molar-refractivity contribution is 5.88. The summed E-state index contributed by atoms with van der Waals surface area (Å²) >= 11 is 0. The first kappa shape index (κ1) is 16.8. The molecule has 20 heavy (non-hydrogen) atoms. The first-order chi connectivity index (χ1) is 8.96. The molecule has 0 saturated carbocycles. The number of aromatic nitrogens is 3. The lowest BCUT2D eigenvalue weighted by molar-refractivity contribution is -0.142. The van der Waals surface area contributed by atoms with Crippen molar-refractivity contribution >= 4 is 5.78 Å². The number of rotatable bonds is 4. The zero-order valence-electron chi connectivity index (χ0n) is 13.0. The van der Waals surface area contributed by atoms with Gasteiger partial charge in [-0.2, -0.15) is 5.10 Å². The molecule has 2 N–H and O–H groups in total. The summed E-state index contributed by atoms with van der Waals surface area (Å²) in [5.41, 5.74) is -1.20. The van der Waals surface area contributed by atoms with E-state index in [0.717, 1.165) is 0 Å². The lowest BCUT2D eigenvalue weighted by Crippen LogP contribution is -2.47. The minimum Gasteiger partial charge on any atom is -0.390 e. The van der Waals surface area contributed by atoms with E-state index in [0.29, 0.717) is 0 Å². The molecule has 1 aromatic heterocycles. The normalized spacial score (nSPS) is 17.6. The second kappa shape index (κ2) is 5.61. The molecular weight excluding hydrogens is 258 g/mol. The molecule has 0 spiro atoms. The second-order valence-corrected chi connectivity index (χ2v) is 7.24. The van der Waals surface area contributed by atoms with E-state index < -0.39 is 29.1 Å². The van der Waals surface area contributed by atoms with Crippen molar-refractivity contribution in [3.63, 3.8) is 0 Å². The summed E-state index contributed by atoms with van der Waals surface area (Å²) in [5.74, 6) is -0.332. The Morgan fingerprint density at radius 3 is 2.05 bits per heavy atom. The van der Waals surface area contributed by atoms with E-state index in [-0.39, 0.29) is 5.78 Å². The molecule has 0 aliphatic rings. The molecule has 0 amide bonds. The van der Waals surface area contributed by atoms with Crippen LogP contribution in [0.1, 0.15) is 47.6 Å². The molecule has 0 fully saturated rings. The minimum atomic E-state index is -1.34. The van der Waals surface area contributed by atoms with Crippen molar-refractivity contribution < 1.29 is 15.0 Å². The Hall–Kier alpha value is -1.27. The van der Waals surface area contributed by atoms with E-state index in [1.54, 1.807) is 20.8 Å². The number of aliphatic hydroxyl groups excluding tert-OH is 2. The first-order valence-corrected chi connectivity index (χ1v) is 6.71. The zero-order chi connectivity index (χ0) is 15.7. The smallest absolute Gasteiger partial charge is 0.168 e. The fourth-order valence-electron chi connectivity index (χ4n) is 1.94. The number of nitrogens with zero attached hydrogens (tertiary/aromatic N) is 3. The van der Waals surface area contributed by atoms with Crippen molar-refractivity contribution in [3.8, 4) is 0 Å². The highest BCUT2D eigenvalue weighted by atomic mass is 16.3. The quantitative estimate of drug-likeness (QED) is 0.867. The van der Waals surface area contributed by atoms with Crippen molar-refractivity contribution in [3.05, 3.63) is 12.7 Å². The number of aliphatic hydroxyl groups is 2. The summed E-state index contributed by atoms with van der Waals surface area (Å²) in [6.45, 7) is 10.7. The largest absolute Gasteiger partial charge is 0.390 e. The SMILES string of the molecule is CC(C)(C)C(=O)C(O)C(C(O)C(C)(C)C)n1cncn1. The summed E-state index contributed by atoms with van der Waals surface area (Å²) in [6, 6.07) is -0.857. The number of hydrogen-bond acceptors (Lipinski definition) is 5. The molecule has 3 atom stereocenters. The van der Waals surface area contributed by atoms with Gasteiger partial charge in [0.05, 0.1) is 6.10 Å². The van der Waals surface area contributed by atoms with Gasteiger partial charge in [0, 0.05) is 5.41 Å². The topological polar surface area (TPSA) is 88.2 Å². The third-order valence-corrected chi connectivity index (χ3v) is 3.28. The molecular formula is C14H25N3O3. The van der Waals surface area contributed by atoms with Gasteiger partial charge in [0.2, 0.25) is 0 Å². The van der Waals surface area contributed by atoms with E-state index >= 15 is 0 Å². The predicted octanol–water partition coefficient (Wildman–Crippen LogP) is 1.20. The van der Waals surface area contributed by atoms with Crippen LogP contribution >= 0.6 is 0 Å². The van der Waals surface area contributed by atoms with Gasteiger partial charge in [-0.05, 0) is 5.41 Å². The van der Waals surface area contributed by atoms with Crippen LogP contribution in [0, 0.1) is 10.8 Å². The van der Waals surface area contributed by atoms with Crippen molar-refractivity contribution in [2.45, 2.75) is 59.8 Å². The average Bonchev–Trinajstić information content (AvgIpc) is 2.79. The number of ketones is 1. The van der Waals surface area contributed by atoms with Gasteiger partial charge in [0.1, 0.15) is 24.8 Å². The summed E-state index contributed by atoms with van der Waals surface area (Å²) < 4.78 is 1.35. The summed E-state index contributed by atoms with van der Waals surface area (Å²) in [7, 11) is 0. The molecule has 1 heterocycles. The number of carbonyl (C=O) groups is 1. The Morgan fingerprint density at radius 2 is 1.70 bits per heavy atom. The lowest BCUT2D eigenvalue weighted by Gasteiger charge is -2.36. The van der Waals surface area contributed by atoms with Gasteiger partial charge in [0.15, 0.2) is 5.78 Å². The van der Waals surface area contributed by atoms with Crippen LogP contribution in [0.25, 0.3) is 0 Å². The van der Waals surface area contributed by atoms with Crippen LogP contribution in [0.2, 0.25) is 0 Å². The Bertz CT molecular complexity index is 443. The Morgan fingerprint density at radius 1 is 1.15 bits per heavy atom. The van der Waals surface area contributed by atoms with Crippen LogP contribution in [0.3, 0.4) is 0 Å². The summed E-state index contributed by atoms with van der Waals surface area (Å²) in [4.78, 5) is 16.1. The van der Waals surface area contributed by atoms with Gasteiger partial charge in [-0.1, -0.05) is 41.5 Å². The van der Waals surface area contributed by atoms with Crippen molar-refractivity contribution in [1.29, 1.82) is 0 Å². The number of hydrogen-bond donors (Lipinski definition) is 2. The van der Waals surface area contributed by atoms with Crippen LogP contribution in [-0.2, 0) is 4.79 Å². The standard InChI is InChI=1S/C14H25N3O3/c1-13(2,3)11(19)9(17-8-15-7-16-17)10(18)12(20)14(4,5)6/h7-11,18-19H,1-6H3. The Kier molecular flexibility index (Phi) is 4.71. The molecule has 1 rings (SSSR count). The fourth-order valence-corrected chi connectivity index (χ4v) is 1.94. The molecule has 0 radical (unpaired) electrons. The van der Waals surface area contributed by atoms with Gasteiger partial charge in [-0.25, -0.2) is 9.67 Å². The molecule has 6 nitrogen and oxygen atoms in total. The molecule has 0 aliphatic carbocycles. The van der Waals surface area contributed by atoms with E-state index in [1.165, 1.54) is 17.3 Å². The Balaban J connectivity index is 3.16. The first-order valence-electron chi connectivity index (χ1n) is 6.71. The predicted molar refractivity (Wildman–Crippen MR) is 75.0 cm³/mol. The van der Waals surface area contributed by atoms with E-state index in [4.69, 9.17) is 0 Å². The van der Waals surface area contributed by atoms with Gasteiger partial charge >= 0.3 is 0 Å². The highest BCUT2D eigenvalue weighted by Crippen LogP contribution is 2.32. The molecule has 0 aromatic carbocycles. The van der Waals surface area contributed by atoms with Crippen LogP contribution in [0.15, 0.2) is 12.7 Å². The van der Waals surface area contributed by atoms with Gasteiger partial charge in [-0.3, -0.25) is 4.79 Å². The molecule has 0 aliphatic heterocycles. The number of carbonyl (C=O) groups excluding carboxylic acids is 1. The van der Waals surface area contributed by atoms with Gasteiger partial charge in [0.25, 0.3) is 0 Å². The minimum absolute atomic E-state index is 0.332. The molecule has 114 valence electrons. The van der Waals surface area contributed by atoms with Gasteiger partial charge in [-0.15, -0.1) is 0 Å². The van der Waals surface area contributed by atoms with Crippen molar-refractivity contribution in [2.75, 3.05) is 0 Å². The van der Waals surface area contributed by atoms with Crippen molar-refractivity contribution in [2.24, 2.45) is 10.8 Å². The third kappa shape index (κ3) is 3.64. The molecule has 0 saturated heterocycles.